The van der Waals surface area contributed by atoms with Gasteiger partial charge in [-0.1, -0.05) is 0 Å². The van der Waals surface area contributed by atoms with Crippen molar-refractivity contribution >= 4 is 11.8 Å². The first-order valence-corrected chi connectivity index (χ1v) is 5.24. The van der Waals surface area contributed by atoms with Crippen LogP contribution in [-0.2, 0) is 4.74 Å². The Morgan fingerprint density at radius 1 is 1.50 bits per heavy atom. The van der Waals surface area contributed by atoms with Crippen LogP contribution in [0.3, 0.4) is 0 Å². The summed E-state index contributed by atoms with van der Waals surface area (Å²) >= 11 is 0. The van der Waals surface area contributed by atoms with E-state index >= 15 is 0 Å². The Morgan fingerprint density at radius 2 is 2.12 bits per heavy atom. The van der Waals surface area contributed by atoms with Gasteiger partial charge < -0.3 is 4.74 Å². The maximum Gasteiger partial charge on any atom is 0.342 e. The molecule has 0 aliphatic carbocycles. The summed E-state index contributed by atoms with van der Waals surface area (Å²) in [6, 6.07) is 0.0297. The number of hydrogen-bond acceptors (Lipinski definition) is 4. The lowest BCUT2D eigenvalue weighted by Crippen LogP contribution is -2.15. The Labute approximate surface area is 94.4 Å². The molecule has 0 fully saturated rings. The SMILES string of the molecule is CCOC(=O)c1cnn(C(C)C)c1C(C)=O. The highest BCUT2D eigenvalue weighted by Crippen LogP contribution is 2.15. The molecule has 0 unspecified atom stereocenters. The number of esters is 1. The number of aromatic nitrogens is 2. The molecule has 0 amide bonds. The van der Waals surface area contributed by atoms with Crippen LogP contribution < -0.4 is 0 Å². The standard InChI is InChI=1S/C11H16N2O3/c1-5-16-11(15)9-6-12-13(7(2)3)10(9)8(4)14/h6-7H,5H2,1-4H3. The van der Waals surface area contributed by atoms with E-state index in [4.69, 9.17) is 4.74 Å². The van der Waals surface area contributed by atoms with Crippen molar-refractivity contribution in [2.45, 2.75) is 33.7 Å². The van der Waals surface area contributed by atoms with Crippen molar-refractivity contribution in [2.24, 2.45) is 0 Å². The van der Waals surface area contributed by atoms with Gasteiger partial charge in [0.15, 0.2) is 5.78 Å². The molecule has 5 nitrogen and oxygen atoms in total. The van der Waals surface area contributed by atoms with E-state index in [0.717, 1.165) is 0 Å². The van der Waals surface area contributed by atoms with Gasteiger partial charge in [0.1, 0.15) is 11.3 Å². The highest BCUT2D eigenvalue weighted by Gasteiger charge is 2.22. The van der Waals surface area contributed by atoms with Gasteiger partial charge in [-0.15, -0.1) is 0 Å². The van der Waals surface area contributed by atoms with E-state index < -0.39 is 5.97 Å². The first kappa shape index (κ1) is 12.4. The van der Waals surface area contributed by atoms with Gasteiger partial charge in [0.2, 0.25) is 0 Å². The molecular formula is C11H16N2O3. The molecule has 0 atom stereocenters. The topological polar surface area (TPSA) is 61.2 Å². The first-order chi connectivity index (χ1) is 7.49. The van der Waals surface area contributed by atoms with Crippen molar-refractivity contribution in [2.75, 3.05) is 6.61 Å². The number of hydrogen-bond donors (Lipinski definition) is 0. The fourth-order valence-corrected chi connectivity index (χ4v) is 1.46. The zero-order valence-corrected chi connectivity index (χ0v) is 9.98. The monoisotopic (exact) mass is 224 g/mol. The van der Waals surface area contributed by atoms with E-state index in [1.54, 1.807) is 6.92 Å². The summed E-state index contributed by atoms with van der Waals surface area (Å²) < 4.78 is 6.40. The van der Waals surface area contributed by atoms with Gasteiger partial charge in [-0.2, -0.15) is 5.10 Å². The van der Waals surface area contributed by atoms with Gasteiger partial charge in [-0.25, -0.2) is 4.79 Å². The second-order valence-corrected chi connectivity index (χ2v) is 3.72. The molecule has 0 aromatic carbocycles. The molecule has 0 radical (unpaired) electrons. The molecule has 0 aliphatic heterocycles. The third-order valence-electron chi connectivity index (χ3n) is 2.11. The van der Waals surface area contributed by atoms with Crippen LogP contribution in [0.5, 0.6) is 0 Å². The Kier molecular flexibility index (Phi) is 3.82. The molecule has 0 bridgehead atoms. The maximum absolute atomic E-state index is 11.6. The van der Waals surface area contributed by atoms with Crippen molar-refractivity contribution in [3.05, 3.63) is 17.5 Å². The van der Waals surface area contributed by atoms with Crippen molar-refractivity contribution < 1.29 is 14.3 Å². The molecule has 1 heterocycles. The maximum atomic E-state index is 11.6. The number of carbonyl (C=O) groups is 2. The second kappa shape index (κ2) is 4.92. The largest absolute Gasteiger partial charge is 0.462 e. The van der Waals surface area contributed by atoms with Crippen LogP contribution in [0.15, 0.2) is 6.20 Å². The minimum absolute atomic E-state index is 0.0297. The molecule has 1 aromatic rings. The molecule has 0 aliphatic rings. The Balaban J connectivity index is 3.20. The van der Waals surface area contributed by atoms with E-state index in [1.807, 2.05) is 13.8 Å². The number of ether oxygens (including phenoxy) is 1. The molecule has 16 heavy (non-hydrogen) atoms. The van der Waals surface area contributed by atoms with Crippen molar-refractivity contribution in [1.82, 2.24) is 9.78 Å². The Hall–Kier alpha value is -1.65. The summed E-state index contributed by atoms with van der Waals surface area (Å²) in [5.41, 5.74) is 0.552. The van der Waals surface area contributed by atoms with Gasteiger partial charge in [0.25, 0.3) is 0 Å². The molecule has 0 saturated heterocycles. The molecule has 1 rings (SSSR count). The lowest BCUT2D eigenvalue weighted by molar-refractivity contribution is 0.0523. The average Bonchev–Trinajstić information content (AvgIpc) is 2.61. The third-order valence-corrected chi connectivity index (χ3v) is 2.11. The van der Waals surface area contributed by atoms with Crippen LogP contribution in [0.1, 0.15) is 54.6 Å². The van der Waals surface area contributed by atoms with E-state index in [9.17, 15) is 9.59 Å². The smallest absolute Gasteiger partial charge is 0.342 e. The average molecular weight is 224 g/mol. The van der Waals surface area contributed by atoms with E-state index in [0.29, 0.717) is 5.69 Å². The number of ketones is 1. The Morgan fingerprint density at radius 3 is 2.56 bits per heavy atom. The van der Waals surface area contributed by atoms with Crippen molar-refractivity contribution in [1.29, 1.82) is 0 Å². The predicted molar refractivity (Wildman–Crippen MR) is 58.6 cm³/mol. The molecule has 5 heteroatoms. The molecule has 88 valence electrons. The number of carbonyl (C=O) groups excluding carboxylic acids is 2. The van der Waals surface area contributed by atoms with E-state index in [1.165, 1.54) is 17.8 Å². The fourth-order valence-electron chi connectivity index (χ4n) is 1.46. The molecule has 0 N–H and O–H groups in total. The highest BCUT2D eigenvalue weighted by molar-refractivity contribution is 6.04. The normalized spacial score (nSPS) is 10.6. The minimum Gasteiger partial charge on any atom is -0.462 e. The quantitative estimate of drug-likeness (QED) is 0.578. The zero-order valence-electron chi connectivity index (χ0n) is 9.98. The predicted octanol–water partition coefficient (Wildman–Crippen LogP) is 1.84. The first-order valence-electron chi connectivity index (χ1n) is 5.24. The van der Waals surface area contributed by atoms with Gasteiger partial charge in [-0.05, 0) is 20.8 Å². The molecule has 0 saturated carbocycles. The summed E-state index contributed by atoms with van der Waals surface area (Å²) in [6.45, 7) is 7.21. The van der Waals surface area contributed by atoms with Gasteiger partial charge in [-0.3, -0.25) is 9.48 Å². The van der Waals surface area contributed by atoms with Crippen molar-refractivity contribution in [3.8, 4) is 0 Å². The number of Topliss-reactive ketones (excluding diaryl/α,β-unsaturated/α-hetero) is 1. The fraction of sp³-hybridized carbons (Fsp3) is 0.545. The zero-order chi connectivity index (χ0) is 12.3. The van der Waals surface area contributed by atoms with Crippen LogP contribution in [-0.4, -0.2) is 28.1 Å². The third kappa shape index (κ3) is 2.29. The van der Waals surface area contributed by atoms with Crippen LogP contribution in [0.25, 0.3) is 0 Å². The number of rotatable bonds is 4. The molecule has 0 spiro atoms. The Bertz CT molecular complexity index is 407. The molecule has 1 aromatic heterocycles. The summed E-state index contributed by atoms with van der Waals surface area (Å²) in [5, 5.41) is 4.04. The molecular weight excluding hydrogens is 208 g/mol. The lowest BCUT2D eigenvalue weighted by atomic mass is 10.2. The van der Waals surface area contributed by atoms with Gasteiger partial charge in [0.05, 0.1) is 12.8 Å². The van der Waals surface area contributed by atoms with Gasteiger partial charge >= 0.3 is 5.97 Å². The van der Waals surface area contributed by atoms with Crippen LogP contribution in [0, 0.1) is 0 Å². The number of nitrogens with zero attached hydrogens (tertiary/aromatic N) is 2. The minimum atomic E-state index is -0.500. The summed E-state index contributed by atoms with van der Waals surface area (Å²) in [6.07, 6.45) is 1.38. The second-order valence-electron chi connectivity index (χ2n) is 3.72. The van der Waals surface area contributed by atoms with Crippen LogP contribution >= 0.6 is 0 Å². The van der Waals surface area contributed by atoms with Gasteiger partial charge in [0, 0.05) is 13.0 Å². The van der Waals surface area contributed by atoms with Crippen molar-refractivity contribution in [3.63, 3.8) is 0 Å². The van der Waals surface area contributed by atoms with E-state index in [2.05, 4.69) is 5.10 Å². The highest BCUT2D eigenvalue weighted by atomic mass is 16.5. The lowest BCUT2D eigenvalue weighted by Gasteiger charge is -2.09. The summed E-state index contributed by atoms with van der Waals surface area (Å²) in [7, 11) is 0. The summed E-state index contributed by atoms with van der Waals surface area (Å²) in [5.74, 6) is -0.686. The van der Waals surface area contributed by atoms with E-state index in [-0.39, 0.29) is 24.0 Å². The van der Waals surface area contributed by atoms with Crippen LogP contribution in [0.4, 0.5) is 0 Å². The van der Waals surface area contributed by atoms with Crippen LogP contribution in [0.2, 0.25) is 0 Å². The summed E-state index contributed by atoms with van der Waals surface area (Å²) in [4.78, 5) is 23.1.